The minimum absolute atomic E-state index is 0.00923. The second-order valence-corrected chi connectivity index (χ2v) is 5.78. The maximum Gasteiger partial charge on any atom is 0.228 e. The molecule has 1 amide bonds. The summed E-state index contributed by atoms with van der Waals surface area (Å²) in [5.74, 6) is -0.00923. The summed E-state index contributed by atoms with van der Waals surface area (Å²) in [5.41, 5.74) is 4.05. The molecule has 23 heavy (non-hydrogen) atoms. The Bertz CT molecular complexity index is 1010. The van der Waals surface area contributed by atoms with Gasteiger partial charge in [-0.2, -0.15) is 0 Å². The van der Waals surface area contributed by atoms with Gasteiger partial charge in [0.25, 0.3) is 0 Å². The number of aryl methyl sites for hydroxylation is 1. The summed E-state index contributed by atoms with van der Waals surface area (Å²) in [6.07, 6.45) is 4.28. The number of aromatic amines is 1. The van der Waals surface area contributed by atoms with E-state index in [0.717, 1.165) is 33.1 Å². The van der Waals surface area contributed by atoms with Gasteiger partial charge in [-0.05, 0) is 35.9 Å². The van der Waals surface area contributed by atoms with E-state index in [9.17, 15) is 4.79 Å². The topological polar surface area (TPSA) is 49.8 Å². The molecule has 0 aliphatic rings. The number of carbonyl (C=O) groups excluding carboxylic acids is 1. The number of aromatic nitrogens is 2. The molecular formula is C19H17N3O. The molecule has 2 heterocycles. The maximum atomic E-state index is 12.3. The normalized spacial score (nSPS) is 11.2. The van der Waals surface area contributed by atoms with Crippen molar-refractivity contribution in [1.82, 2.24) is 9.55 Å². The second kappa shape index (κ2) is 5.32. The summed E-state index contributed by atoms with van der Waals surface area (Å²) in [6.45, 7) is 0. The first-order chi connectivity index (χ1) is 11.2. The molecule has 0 radical (unpaired) electrons. The van der Waals surface area contributed by atoms with E-state index in [1.807, 2.05) is 68.0 Å². The number of rotatable bonds is 3. The van der Waals surface area contributed by atoms with Crippen molar-refractivity contribution < 1.29 is 4.79 Å². The van der Waals surface area contributed by atoms with Gasteiger partial charge >= 0.3 is 0 Å². The molecular weight excluding hydrogens is 286 g/mol. The van der Waals surface area contributed by atoms with Crippen molar-refractivity contribution in [2.45, 2.75) is 6.42 Å². The number of carbonyl (C=O) groups is 1. The number of hydrogen-bond donors (Lipinski definition) is 2. The lowest BCUT2D eigenvalue weighted by molar-refractivity contribution is -0.115. The van der Waals surface area contributed by atoms with Crippen LogP contribution in [0, 0.1) is 0 Å². The minimum Gasteiger partial charge on any atom is -0.361 e. The van der Waals surface area contributed by atoms with Crippen LogP contribution in [0.4, 0.5) is 5.69 Å². The van der Waals surface area contributed by atoms with Crippen LogP contribution in [0.2, 0.25) is 0 Å². The van der Waals surface area contributed by atoms with Gasteiger partial charge < -0.3 is 14.9 Å². The first kappa shape index (κ1) is 13.6. The highest BCUT2D eigenvalue weighted by Gasteiger charge is 2.09. The average molecular weight is 303 g/mol. The van der Waals surface area contributed by atoms with Gasteiger partial charge in [-0.1, -0.05) is 18.2 Å². The van der Waals surface area contributed by atoms with Crippen molar-refractivity contribution in [3.8, 4) is 0 Å². The predicted octanol–water partition coefficient (Wildman–Crippen LogP) is 3.84. The van der Waals surface area contributed by atoms with Crippen molar-refractivity contribution in [2.75, 3.05) is 5.32 Å². The van der Waals surface area contributed by atoms with E-state index < -0.39 is 0 Å². The van der Waals surface area contributed by atoms with E-state index in [4.69, 9.17) is 0 Å². The molecule has 2 aromatic heterocycles. The fraction of sp³-hybridized carbons (Fsp3) is 0.105. The minimum atomic E-state index is -0.00923. The van der Waals surface area contributed by atoms with Gasteiger partial charge in [0.05, 0.1) is 6.42 Å². The molecule has 2 aromatic carbocycles. The van der Waals surface area contributed by atoms with Crippen molar-refractivity contribution in [3.05, 3.63) is 66.5 Å². The molecule has 0 saturated heterocycles. The first-order valence-corrected chi connectivity index (χ1v) is 7.60. The van der Waals surface area contributed by atoms with E-state index in [2.05, 4.69) is 14.9 Å². The molecule has 114 valence electrons. The van der Waals surface area contributed by atoms with E-state index in [0.29, 0.717) is 6.42 Å². The van der Waals surface area contributed by atoms with Crippen LogP contribution in [0.25, 0.3) is 21.8 Å². The van der Waals surface area contributed by atoms with Crippen molar-refractivity contribution >= 4 is 33.4 Å². The lowest BCUT2D eigenvalue weighted by Crippen LogP contribution is -2.14. The lowest BCUT2D eigenvalue weighted by Gasteiger charge is -2.06. The van der Waals surface area contributed by atoms with Crippen LogP contribution >= 0.6 is 0 Å². The Kier molecular flexibility index (Phi) is 3.15. The lowest BCUT2D eigenvalue weighted by atomic mass is 10.1. The Balaban J connectivity index is 1.54. The fourth-order valence-corrected chi connectivity index (χ4v) is 3.02. The number of fused-ring (bicyclic) bond motifs is 2. The predicted molar refractivity (Wildman–Crippen MR) is 93.6 cm³/mol. The smallest absolute Gasteiger partial charge is 0.228 e. The van der Waals surface area contributed by atoms with Crippen molar-refractivity contribution in [3.63, 3.8) is 0 Å². The quantitative estimate of drug-likeness (QED) is 0.593. The third-order valence-electron chi connectivity index (χ3n) is 4.19. The Morgan fingerprint density at radius 3 is 2.96 bits per heavy atom. The summed E-state index contributed by atoms with van der Waals surface area (Å²) in [6, 6.07) is 16.0. The van der Waals surface area contributed by atoms with Crippen LogP contribution in [0.15, 0.2) is 60.9 Å². The summed E-state index contributed by atoms with van der Waals surface area (Å²) in [4.78, 5) is 15.5. The van der Waals surface area contributed by atoms with E-state index >= 15 is 0 Å². The van der Waals surface area contributed by atoms with Crippen LogP contribution in [-0.2, 0) is 18.3 Å². The molecule has 0 spiro atoms. The molecule has 0 saturated carbocycles. The third kappa shape index (κ3) is 2.48. The average Bonchev–Trinajstić information content (AvgIpc) is 3.12. The summed E-state index contributed by atoms with van der Waals surface area (Å²) in [5, 5.41) is 5.21. The number of H-pyrrole nitrogens is 1. The molecule has 0 unspecified atom stereocenters. The Labute approximate surface area is 133 Å². The second-order valence-electron chi connectivity index (χ2n) is 5.78. The number of nitrogens with one attached hydrogen (secondary N) is 2. The van der Waals surface area contributed by atoms with Gasteiger partial charge in [-0.15, -0.1) is 0 Å². The number of amides is 1. The molecule has 0 aliphatic heterocycles. The summed E-state index contributed by atoms with van der Waals surface area (Å²) < 4.78 is 2.06. The zero-order chi connectivity index (χ0) is 15.8. The molecule has 4 rings (SSSR count). The van der Waals surface area contributed by atoms with Gasteiger partial charge in [0.15, 0.2) is 0 Å². The van der Waals surface area contributed by atoms with Crippen LogP contribution in [0.5, 0.6) is 0 Å². The van der Waals surface area contributed by atoms with E-state index in [-0.39, 0.29) is 5.91 Å². The summed E-state index contributed by atoms with van der Waals surface area (Å²) in [7, 11) is 2.01. The standard InChI is InChI=1S/C19H17N3O/c1-22-9-8-13-10-15(6-7-18(13)22)21-19(23)11-14-12-20-17-5-3-2-4-16(14)17/h2-10,12,20H,11H2,1H3,(H,21,23). The number of anilines is 1. The number of benzene rings is 2. The van der Waals surface area contributed by atoms with Crippen molar-refractivity contribution in [2.24, 2.45) is 7.05 Å². The number of para-hydroxylation sites is 1. The Morgan fingerprint density at radius 2 is 2.04 bits per heavy atom. The van der Waals surface area contributed by atoms with Gasteiger partial charge in [-0.3, -0.25) is 4.79 Å². The van der Waals surface area contributed by atoms with Crippen LogP contribution < -0.4 is 5.32 Å². The molecule has 0 aliphatic carbocycles. The Morgan fingerprint density at radius 1 is 1.17 bits per heavy atom. The highest BCUT2D eigenvalue weighted by molar-refractivity contribution is 5.97. The molecule has 4 heteroatoms. The fourth-order valence-electron chi connectivity index (χ4n) is 3.02. The molecule has 0 bridgehead atoms. The van der Waals surface area contributed by atoms with Gasteiger partial charge in [-0.25, -0.2) is 0 Å². The molecule has 4 aromatic rings. The largest absolute Gasteiger partial charge is 0.361 e. The van der Waals surface area contributed by atoms with Gasteiger partial charge in [0.1, 0.15) is 0 Å². The molecule has 0 fully saturated rings. The summed E-state index contributed by atoms with van der Waals surface area (Å²) >= 11 is 0. The van der Waals surface area contributed by atoms with Crippen LogP contribution in [0.3, 0.4) is 0 Å². The maximum absolute atomic E-state index is 12.3. The SMILES string of the molecule is Cn1ccc2cc(NC(=O)Cc3c[nH]c4ccccc34)ccc21. The monoisotopic (exact) mass is 303 g/mol. The highest BCUT2D eigenvalue weighted by Crippen LogP contribution is 2.21. The van der Waals surface area contributed by atoms with E-state index in [1.165, 1.54) is 0 Å². The molecule has 0 atom stereocenters. The zero-order valence-electron chi connectivity index (χ0n) is 12.8. The Hall–Kier alpha value is -3.01. The third-order valence-corrected chi connectivity index (χ3v) is 4.19. The van der Waals surface area contributed by atoms with Gasteiger partial charge in [0, 0.05) is 46.9 Å². The number of nitrogens with zero attached hydrogens (tertiary/aromatic N) is 1. The zero-order valence-corrected chi connectivity index (χ0v) is 12.8. The first-order valence-electron chi connectivity index (χ1n) is 7.60. The van der Waals surface area contributed by atoms with Crippen LogP contribution in [0.1, 0.15) is 5.56 Å². The molecule has 2 N–H and O–H groups in total. The number of hydrogen-bond acceptors (Lipinski definition) is 1. The van der Waals surface area contributed by atoms with Gasteiger partial charge in [0.2, 0.25) is 5.91 Å². The van der Waals surface area contributed by atoms with Crippen molar-refractivity contribution in [1.29, 1.82) is 0 Å². The molecule has 4 nitrogen and oxygen atoms in total. The highest BCUT2D eigenvalue weighted by atomic mass is 16.1. The van der Waals surface area contributed by atoms with E-state index in [1.54, 1.807) is 0 Å². The van der Waals surface area contributed by atoms with Crippen LogP contribution in [-0.4, -0.2) is 15.5 Å².